The van der Waals surface area contributed by atoms with Gasteiger partial charge in [-0.15, -0.1) is 0 Å². The third-order valence-corrected chi connectivity index (χ3v) is 3.09. The molecule has 1 amide bonds. The number of nitrogens with one attached hydrogen (secondary N) is 1. The van der Waals surface area contributed by atoms with E-state index in [9.17, 15) is 9.18 Å². The summed E-state index contributed by atoms with van der Waals surface area (Å²) in [7, 11) is 3.02. The van der Waals surface area contributed by atoms with Crippen molar-refractivity contribution in [2.75, 3.05) is 19.5 Å². The van der Waals surface area contributed by atoms with Crippen molar-refractivity contribution < 1.29 is 18.7 Å². The molecule has 1 N–H and O–H groups in total. The van der Waals surface area contributed by atoms with Crippen LogP contribution in [0.15, 0.2) is 36.4 Å². The number of amides is 1. The minimum Gasteiger partial charge on any atom is -0.493 e. The van der Waals surface area contributed by atoms with Crippen LogP contribution in [0.5, 0.6) is 11.5 Å². The SMILES string of the molecule is COc1ccc(C(=O)Nc2cc(F)ccc2C)cc1OC. The number of hydrogen-bond donors (Lipinski definition) is 1. The van der Waals surface area contributed by atoms with Gasteiger partial charge in [0.1, 0.15) is 5.82 Å². The van der Waals surface area contributed by atoms with Gasteiger partial charge >= 0.3 is 0 Å². The number of anilines is 1. The van der Waals surface area contributed by atoms with Gasteiger partial charge in [0.15, 0.2) is 11.5 Å². The first-order valence-electron chi connectivity index (χ1n) is 6.34. The molecular weight excluding hydrogens is 273 g/mol. The van der Waals surface area contributed by atoms with E-state index in [0.29, 0.717) is 22.7 Å². The van der Waals surface area contributed by atoms with Crippen LogP contribution in [0.25, 0.3) is 0 Å². The van der Waals surface area contributed by atoms with E-state index in [0.717, 1.165) is 5.56 Å². The van der Waals surface area contributed by atoms with Crippen LogP contribution in [-0.4, -0.2) is 20.1 Å². The van der Waals surface area contributed by atoms with E-state index in [2.05, 4.69) is 5.32 Å². The summed E-state index contributed by atoms with van der Waals surface area (Å²) < 4.78 is 23.5. The zero-order chi connectivity index (χ0) is 15.4. The van der Waals surface area contributed by atoms with Crippen molar-refractivity contribution in [2.24, 2.45) is 0 Å². The number of halogens is 1. The lowest BCUT2D eigenvalue weighted by atomic mass is 10.1. The summed E-state index contributed by atoms with van der Waals surface area (Å²) in [4.78, 5) is 12.2. The van der Waals surface area contributed by atoms with Gasteiger partial charge in [-0.1, -0.05) is 6.07 Å². The smallest absolute Gasteiger partial charge is 0.255 e. The topological polar surface area (TPSA) is 47.6 Å². The predicted molar refractivity (Wildman–Crippen MR) is 78.6 cm³/mol. The second kappa shape index (κ2) is 6.26. The molecule has 4 nitrogen and oxygen atoms in total. The van der Waals surface area contributed by atoms with E-state index in [4.69, 9.17) is 9.47 Å². The highest BCUT2D eigenvalue weighted by atomic mass is 19.1. The lowest BCUT2D eigenvalue weighted by molar-refractivity contribution is 0.102. The molecule has 0 fully saturated rings. The van der Waals surface area contributed by atoms with Crippen LogP contribution >= 0.6 is 0 Å². The number of hydrogen-bond acceptors (Lipinski definition) is 3. The van der Waals surface area contributed by atoms with Gasteiger partial charge in [-0.3, -0.25) is 4.79 Å². The summed E-state index contributed by atoms with van der Waals surface area (Å²) in [5.74, 6) is 0.255. The number of benzene rings is 2. The highest BCUT2D eigenvalue weighted by Gasteiger charge is 2.12. The zero-order valence-electron chi connectivity index (χ0n) is 12.1. The van der Waals surface area contributed by atoms with E-state index < -0.39 is 5.82 Å². The molecule has 21 heavy (non-hydrogen) atoms. The monoisotopic (exact) mass is 289 g/mol. The van der Waals surface area contributed by atoms with Gasteiger partial charge in [0.25, 0.3) is 5.91 Å². The molecular formula is C16H16FNO3. The lowest BCUT2D eigenvalue weighted by Gasteiger charge is -2.11. The van der Waals surface area contributed by atoms with Gasteiger partial charge in [-0.2, -0.15) is 0 Å². The minimum atomic E-state index is -0.400. The highest BCUT2D eigenvalue weighted by molar-refractivity contribution is 6.05. The molecule has 0 aliphatic carbocycles. The molecule has 0 radical (unpaired) electrons. The first kappa shape index (κ1) is 14.8. The summed E-state index contributed by atoms with van der Waals surface area (Å²) in [6.45, 7) is 1.80. The minimum absolute atomic E-state index is 0.343. The molecule has 0 spiro atoms. The molecule has 2 rings (SSSR count). The van der Waals surface area contributed by atoms with Crippen molar-refractivity contribution in [3.8, 4) is 11.5 Å². The summed E-state index contributed by atoms with van der Waals surface area (Å²) in [6, 6.07) is 9.08. The molecule has 110 valence electrons. The number of methoxy groups -OCH3 is 2. The molecule has 5 heteroatoms. The molecule has 0 saturated heterocycles. The van der Waals surface area contributed by atoms with E-state index in [-0.39, 0.29) is 5.91 Å². The van der Waals surface area contributed by atoms with Crippen LogP contribution in [0.4, 0.5) is 10.1 Å². The molecule has 2 aromatic carbocycles. The number of aryl methyl sites for hydroxylation is 1. The Hall–Kier alpha value is -2.56. The fraction of sp³-hybridized carbons (Fsp3) is 0.188. The fourth-order valence-electron chi connectivity index (χ4n) is 1.90. The summed E-state index contributed by atoms with van der Waals surface area (Å²) in [5.41, 5.74) is 1.62. The van der Waals surface area contributed by atoms with Crippen molar-refractivity contribution in [1.82, 2.24) is 0 Å². The number of carbonyl (C=O) groups excluding carboxylic acids is 1. The predicted octanol–water partition coefficient (Wildman–Crippen LogP) is 3.40. The summed E-state index contributed by atoms with van der Waals surface area (Å²) >= 11 is 0. The second-order valence-corrected chi connectivity index (χ2v) is 4.48. The van der Waals surface area contributed by atoms with E-state index >= 15 is 0 Å². The molecule has 0 aliphatic heterocycles. The van der Waals surface area contributed by atoms with Crippen molar-refractivity contribution in [3.05, 3.63) is 53.3 Å². The third-order valence-electron chi connectivity index (χ3n) is 3.09. The van der Waals surface area contributed by atoms with Gasteiger partial charge in [0, 0.05) is 11.3 Å². The van der Waals surface area contributed by atoms with Crippen LogP contribution in [0.1, 0.15) is 15.9 Å². The first-order valence-corrected chi connectivity index (χ1v) is 6.34. The molecule has 0 aromatic heterocycles. The Labute approximate surface area is 122 Å². The molecule has 0 saturated carbocycles. The van der Waals surface area contributed by atoms with Gasteiger partial charge in [0.2, 0.25) is 0 Å². The number of ether oxygens (including phenoxy) is 2. The Bertz CT molecular complexity index is 671. The van der Waals surface area contributed by atoms with Crippen molar-refractivity contribution >= 4 is 11.6 Å². The maximum absolute atomic E-state index is 13.2. The van der Waals surface area contributed by atoms with Gasteiger partial charge in [0.05, 0.1) is 14.2 Å². The Morgan fingerprint density at radius 1 is 1.05 bits per heavy atom. The van der Waals surface area contributed by atoms with Crippen LogP contribution in [0.3, 0.4) is 0 Å². The standard InChI is InChI=1S/C16H16FNO3/c1-10-4-6-12(17)9-13(10)18-16(19)11-5-7-14(20-2)15(8-11)21-3/h4-9H,1-3H3,(H,18,19). The van der Waals surface area contributed by atoms with Crippen molar-refractivity contribution in [3.63, 3.8) is 0 Å². The highest BCUT2D eigenvalue weighted by Crippen LogP contribution is 2.28. The summed E-state index contributed by atoms with van der Waals surface area (Å²) in [5, 5.41) is 2.68. The largest absolute Gasteiger partial charge is 0.493 e. The molecule has 0 heterocycles. The second-order valence-electron chi connectivity index (χ2n) is 4.48. The maximum Gasteiger partial charge on any atom is 0.255 e. The van der Waals surface area contributed by atoms with Crippen molar-refractivity contribution in [1.29, 1.82) is 0 Å². The van der Waals surface area contributed by atoms with Gasteiger partial charge < -0.3 is 14.8 Å². The Morgan fingerprint density at radius 2 is 1.76 bits per heavy atom. The van der Waals surface area contributed by atoms with Gasteiger partial charge in [-0.05, 0) is 42.8 Å². The molecule has 0 unspecified atom stereocenters. The van der Waals surface area contributed by atoms with Gasteiger partial charge in [-0.25, -0.2) is 4.39 Å². The average Bonchev–Trinajstić information content (AvgIpc) is 2.50. The fourth-order valence-corrected chi connectivity index (χ4v) is 1.90. The Morgan fingerprint density at radius 3 is 2.43 bits per heavy atom. The normalized spacial score (nSPS) is 10.1. The number of rotatable bonds is 4. The maximum atomic E-state index is 13.2. The van der Waals surface area contributed by atoms with E-state index in [1.165, 1.54) is 26.4 Å². The zero-order valence-corrected chi connectivity index (χ0v) is 12.1. The van der Waals surface area contributed by atoms with Crippen LogP contribution < -0.4 is 14.8 Å². The summed E-state index contributed by atoms with van der Waals surface area (Å²) in [6.07, 6.45) is 0. The Kier molecular flexibility index (Phi) is 4.42. The quantitative estimate of drug-likeness (QED) is 0.938. The van der Waals surface area contributed by atoms with E-state index in [1.807, 2.05) is 0 Å². The molecule has 0 atom stereocenters. The molecule has 2 aromatic rings. The third kappa shape index (κ3) is 3.31. The van der Waals surface area contributed by atoms with Crippen LogP contribution in [-0.2, 0) is 0 Å². The molecule has 0 bridgehead atoms. The number of carbonyl (C=O) groups is 1. The van der Waals surface area contributed by atoms with E-state index in [1.54, 1.807) is 31.2 Å². The Balaban J connectivity index is 2.26. The van der Waals surface area contributed by atoms with Crippen LogP contribution in [0.2, 0.25) is 0 Å². The molecule has 0 aliphatic rings. The van der Waals surface area contributed by atoms with Crippen LogP contribution in [0, 0.1) is 12.7 Å². The lowest BCUT2D eigenvalue weighted by Crippen LogP contribution is -2.13. The first-order chi connectivity index (χ1) is 10.0. The average molecular weight is 289 g/mol. The van der Waals surface area contributed by atoms with Crippen molar-refractivity contribution in [2.45, 2.75) is 6.92 Å².